The Bertz CT molecular complexity index is 633. The van der Waals surface area contributed by atoms with Crippen LogP contribution in [0.25, 0.3) is 0 Å². The number of hydrogen-bond acceptors (Lipinski definition) is 5. The van der Waals surface area contributed by atoms with Crippen molar-refractivity contribution < 1.29 is 4.79 Å². The Hall–Kier alpha value is -1.95. The van der Waals surface area contributed by atoms with Crippen LogP contribution in [0.3, 0.4) is 0 Å². The number of amides is 1. The average Bonchev–Trinajstić information content (AvgIpc) is 3.05. The van der Waals surface area contributed by atoms with E-state index < -0.39 is 0 Å². The summed E-state index contributed by atoms with van der Waals surface area (Å²) in [5.74, 6) is 1.39. The highest BCUT2D eigenvalue weighted by Crippen LogP contribution is 2.21. The maximum absolute atomic E-state index is 12.5. The Kier molecular flexibility index (Phi) is 4.38. The smallest absolute Gasteiger partial charge is 0.273 e. The summed E-state index contributed by atoms with van der Waals surface area (Å²) < 4.78 is 0. The Morgan fingerprint density at radius 3 is 2.59 bits per heavy atom. The van der Waals surface area contributed by atoms with Gasteiger partial charge in [0.25, 0.3) is 5.91 Å². The number of carbonyl (C=O) groups excluding carboxylic acids is 1. The predicted molar refractivity (Wildman–Crippen MR) is 88.6 cm³/mol. The van der Waals surface area contributed by atoms with Gasteiger partial charge in [0.1, 0.15) is 11.5 Å². The van der Waals surface area contributed by atoms with Crippen molar-refractivity contribution in [3.63, 3.8) is 0 Å². The largest absolute Gasteiger partial charge is 0.353 e. The summed E-state index contributed by atoms with van der Waals surface area (Å²) in [7, 11) is 0. The molecule has 1 amide bonds. The summed E-state index contributed by atoms with van der Waals surface area (Å²) >= 11 is 1.57. The Morgan fingerprint density at radius 1 is 1.23 bits per heavy atom. The molecule has 0 atom stereocenters. The van der Waals surface area contributed by atoms with Crippen LogP contribution >= 0.6 is 11.3 Å². The first-order chi connectivity index (χ1) is 10.6. The van der Waals surface area contributed by atoms with Crippen LogP contribution in [0.1, 0.15) is 35.3 Å². The van der Waals surface area contributed by atoms with Crippen molar-refractivity contribution in [1.82, 2.24) is 14.9 Å². The molecule has 1 saturated heterocycles. The SMILES string of the molecule is CC(C)c1nc(C(=O)N2CCN(c3ccccn3)CC2)cs1. The first-order valence-corrected chi connectivity index (χ1v) is 8.44. The third-order valence-electron chi connectivity index (χ3n) is 3.78. The number of aromatic nitrogens is 2. The summed E-state index contributed by atoms with van der Waals surface area (Å²) in [4.78, 5) is 25.4. The number of piperazine rings is 1. The summed E-state index contributed by atoms with van der Waals surface area (Å²) in [6.45, 7) is 7.24. The molecule has 0 saturated carbocycles. The zero-order valence-electron chi connectivity index (χ0n) is 12.9. The molecule has 22 heavy (non-hydrogen) atoms. The Labute approximate surface area is 134 Å². The molecule has 6 heteroatoms. The van der Waals surface area contributed by atoms with E-state index in [1.807, 2.05) is 28.5 Å². The van der Waals surface area contributed by atoms with Crippen molar-refractivity contribution in [3.8, 4) is 0 Å². The van der Waals surface area contributed by atoms with Crippen molar-refractivity contribution in [2.45, 2.75) is 19.8 Å². The lowest BCUT2D eigenvalue weighted by atomic mass is 10.2. The summed E-state index contributed by atoms with van der Waals surface area (Å²) in [6, 6.07) is 5.91. The van der Waals surface area contributed by atoms with Gasteiger partial charge in [-0.25, -0.2) is 9.97 Å². The first-order valence-electron chi connectivity index (χ1n) is 7.56. The quantitative estimate of drug-likeness (QED) is 0.873. The van der Waals surface area contributed by atoms with Gasteiger partial charge in [0.2, 0.25) is 0 Å². The van der Waals surface area contributed by atoms with Crippen molar-refractivity contribution in [3.05, 3.63) is 40.5 Å². The van der Waals surface area contributed by atoms with Crippen LogP contribution in [-0.2, 0) is 0 Å². The van der Waals surface area contributed by atoms with Gasteiger partial charge in [0, 0.05) is 43.7 Å². The highest BCUT2D eigenvalue weighted by molar-refractivity contribution is 7.09. The van der Waals surface area contributed by atoms with E-state index in [0.717, 1.165) is 23.9 Å². The van der Waals surface area contributed by atoms with Crippen LogP contribution in [0, 0.1) is 0 Å². The van der Waals surface area contributed by atoms with E-state index in [4.69, 9.17) is 0 Å². The van der Waals surface area contributed by atoms with Gasteiger partial charge in [0.15, 0.2) is 0 Å². The van der Waals surface area contributed by atoms with Crippen LogP contribution in [0.4, 0.5) is 5.82 Å². The third-order valence-corrected chi connectivity index (χ3v) is 4.92. The van der Waals surface area contributed by atoms with Crippen molar-refractivity contribution >= 4 is 23.1 Å². The van der Waals surface area contributed by atoms with Crippen LogP contribution in [-0.4, -0.2) is 47.0 Å². The fourth-order valence-corrected chi connectivity index (χ4v) is 3.30. The van der Waals surface area contributed by atoms with Crippen molar-refractivity contribution in [2.24, 2.45) is 0 Å². The molecule has 0 spiro atoms. The molecule has 1 aliphatic heterocycles. The average molecular weight is 316 g/mol. The number of carbonyl (C=O) groups is 1. The number of anilines is 1. The minimum Gasteiger partial charge on any atom is -0.353 e. The molecule has 116 valence electrons. The lowest BCUT2D eigenvalue weighted by Gasteiger charge is -2.35. The van der Waals surface area contributed by atoms with Gasteiger partial charge in [-0.15, -0.1) is 11.3 Å². The number of nitrogens with zero attached hydrogens (tertiary/aromatic N) is 4. The third kappa shape index (κ3) is 3.11. The minimum atomic E-state index is 0.0452. The lowest BCUT2D eigenvalue weighted by Crippen LogP contribution is -2.49. The fraction of sp³-hybridized carbons (Fsp3) is 0.438. The van der Waals surface area contributed by atoms with Crippen LogP contribution in [0.5, 0.6) is 0 Å². The molecule has 1 aliphatic rings. The van der Waals surface area contributed by atoms with E-state index in [0.29, 0.717) is 24.7 Å². The standard InChI is InChI=1S/C16H20N4OS/c1-12(2)15-18-13(11-22-15)16(21)20-9-7-19(8-10-20)14-5-3-4-6-17-14/h3-6,11-12H,7-10H2,1-2H3. The molecule has 3 heterocycles. The van der Waals surface area contributed by atoms with Crippen LogP contribution in [0.2, 0.25) is 0 Å². The second kappa shape index (κ2) is 6.44. The molecule has 0 aromatic carbocycles. The molecule has 1 fully saturated rings. The second-order valence-corrected chi connectivity index (χ2v) is 6.58. The fourth-order valence-electron chi connectivity index (χ4n) is 2.49. The van der Waals surface area contributed by atoms with Crippen molar-refractivity contribution in [1.29, 1.82) is 0 Å². The van der Waals surface area contributed by atoms with Gasteiger partial charge >= 0.3 is 0 Å². The first kappa shape index (κ1) is 15.0. The van der Waals surface area contributed by atoms with E-state index in [-0.39, 0.29) is 5.91 Å². The molecular weight excluding hydrogens is 296 g/mol. The number of pyridine rings is 1. The van der Waals surface area contributed by atoms with E-state index in [2.05, 4.69) is 28.7 Å². The summed E-state index contributed by atoms with van der Waals surface area (Å²) in [5, 5.41) is 2.90. The molecular formula is C16H20N4OS. The summed E-state index contributed by atoms with van der Waals surface area (Å²) in [6.07, 6.45) is 1.80. The minimum absolute atomic E-state index is 0.0452. The Balaban J connectivity index is 1.62. The van der Waals surface area contributed by atoms with E-state index in [9.17, 15) is 4.79 Å². The molecule has 0 radical (unpaired) electrons. The lowest BCUT2D eigenvalue weighted by molar-refractivity contribution is 0.0741. The van der Waals surface area contributed by atoms with Gasteiger partial charge in [-0.2, -0.15) is 0 Å². The second-order valence-electron chi connectivity index (χ2n) is 5.69. The number of hydrogen-bond donors (Lipinski definition) is 0. The van der Waals surface area contributed by atoms with Crippen molar-refractivity contribution in [2.75, 3.05) is 31.1 Å². The van der Waals surface area contributed by atoms with Gasteiger partial charge in [0.05, 0.1) is 5.01 Å². The maximum Gasteiger partial charge on any atom is 0.273 e. The molecule has 2 aromatic rings. The van der Waals surface area contributed by atoms with E-state index in [1.165, 1.54) is 0 Å². The highest BCUT2D eigenvalue weighted by Gasteiger charge is 2.24. The molecule has 0 unspecified atom stereocenters. The van der Waals surface area contributed by atoms with Gasteiger partial charge in [-0.1, -0.05) is 19.9 Å². The maximum atomic E-state index is 12.5. The highest BCUT2D eigenvalue weighted by atomic mass is 32.1. The molecule has 5 nitrogen and oxygen atoms in total. The molecule has 0 N–H and O–H groups in total. The van der Waals surface area contributed by atoms with E-state index in [1.54, 1.807) is 17.5 Å². The van der Waals surface area contributed by atoms with Crippen LogP contribution in [0.15, 0.2) is 29.8 Å². The van der Waals surface area contributed by atoms with Crippen LogP contribution < -0.4 is 4.90 Å². The van der Waals surface area contributed by atoms with Gasteiger partial charge in [-0.05, 0) is 12.1 Å². The Morgan fingerprint density at radius 2 is 2.00 bits per heavy atom. The zero-order valence-corrected chi connectivity index (χ0v) is 13.7. The zero-order chi connectivity index (χ0) is 15.5. The predicted octanol–water partition coefficient (Wildman–Crippen LogP) is 2.62. The molecule has 0 bridgehead atoms. The molecule has 0 aliphatic carbocycles. The topological polar surface area (TPSA) is 49.3 Å². The van der Waals surface area contributed by atoms with Gasteiger partial charge in [-0.3, -0.25) is 4.79 Å². The number of thiazole rings is 1. The summed E-state index contributed by atoms with van der Waals surface area (Å²) in [5.41, 5.74) is 0.583. The van der Waals surface area contributed by atoms with E-state index >= 15 is 0 Å². The molecule has 2 aromatic heterocycles. The molecule has 3 rings (SSSR count). The normalized spacial score (nSPS) is 15.4. The monoisotopic (exact) mass is 316 g/mol. The van der Waals surface area contributed by atoms with Gasteiger partial charge < -0.3 is 9.80 Å². The number of rotatable bonds is 3.